The summed E-state index contributed by atoms with van der Waals surface area (Å²) in [4.78, 5) is 0.449. The third kappa shape index (κ3) is 2.69. The minimum Gasteiger partial charge on any atom is -0.207 e. The van der Waals surface area contributed by atoms with E-state index in [4.69, 9.17) is 0 Å². The van der Waals surface area contributed by atoms with Crippen LogP contribution in [0, 0.1) is 0 Å². The highest BCUT2D eigenvalue weighted by atomic mass is 32.2. The Kier molecular flexibility index (Phi) is 3.84. The topological polar surface area (TPSA) is 37.4 Å². The largest absolute Gasteiger partial charge is 0.243 e. The highest BCUT2D eigenvalue weighted by Crippen LogP contribution is 2.21. The number of hydrogen-bond donors (Lipinski definition) is 0. The fourth-order valence-electron chi connectivity index (χ4n) is 2.23. The van der Waals surface area contributed by atoms with E-state index < -0.39 is 10.0 Å². The first-order valence-electron chi connectivity index (χ1n) is 6.23. The molecule has 1 heterocycles. The van der Waals surface area contributed by atoms with E-state index in [0.29, 0.717) is 18.0 Å². The molecular formula is C13H19NO2S. The van der Waals surface area contributed by atoms with Crippen molar-refractivity contribution in [2.75, 3.05) is 13.1 Å². The normalized spacial score (nSPS) is 17.5. The monoisotopic (exact) mass is 253 g/mol. The van der Waals surface area contributed by atoms with E-state index in [1.165, 1.54) is 0 Å². The molecule has 0 bridgehead atoms. The van der Waals surface area contributed by atoms with Gasteiger partial charge in [0, 0.05) is 13.1 Å². The predicted octanol–water partition coefficient (Wildman–Crippen LogP) is 2.42. The molecule has 1 saturated heterocycles. The van der Waals surface area contributed by atoms with Gasteiger partial charge >= 0.3 is 0 Å². The van der Waals surface area contributed by atoms with Crippen molar-refractivity contribution in [1.82, 2.24) is 4.31 Å². The molecule has 1 aromatic carbocycles. The van der Waals surface area contributed by atoms with Crippen LogP contribution in [0.1, 0.15) is 31.7 Å². The van der Waals surface area contributed by atoms with Gasteiger partial charge in [-0.25, -0.2) is 8.42 Å². The second kappa shape index (κ2) is 5.19. The van der Waals surface area contributed by atoms with Gasteiger partial charge in [-0.15, -0.1) is 0 Å². The third-order valence-electron chi connectivity index (χ3n) is 3.14. The Morgan fingerprint density at radius 1 is 1.24 bits per heavy atom. The van der Waals surface area contributed by atoms with Crippen LogP contribution < -0.4 is 0 Å². The van der Waals surface area contributed by atoms with Crippen LogP contribution >= 0.6 is 0 Å². The smallest absolute Gasteiger partial charge is 0.207 e. The van der Waals surface area contributed by atoms with E-state index in [0.717, 1.165) is 31.2 Å². The minimum absolute atomic E-state index is 0.449. The van der Waals surface area contributed by atoms with Gasteiger partial charge in [-0.1, -0.05) is 25.5 Å². The van der Waals surface area contributed by atoms with Crippen molar-refractivity contribution in [2.24, 2.45) is 0 Å². The second-order valence-electron chi connectivity index (χ2n) is 4.51. The van der Waals surface area contributed by atoms with Gasteiger partial charge in [0.15, 0.2) is 0 Å². The lowest BCUT2D eigenvalue weighted by Crippen LogP contribution is -2.27. The zero-order valence-corrected chi connectivity index (χ0v) is 11.0. The van der Waals surface area contributed by atoms with E-state index in [-0.39, 0.29) is 0 Å². The SMILES string of the molecule is CCCc1cccc(S(=O)(=O)N2CCCC2)c1. The number of hydrogen-bond acceptors (Lipinski definition) is 2. The maximum Gasteiger partial charge on any atom is 0.243 e. The van der Waals surface area contributed by atoms with Crippen molar-refractivity contribution in [1.29, 1.82) is 0 Å². The molecule has 0 N–H and O–H groups in total. The number of nitrogens with zero attached hydrogens (tertiary/aromatic N) is 1. The summed E-state index contributed by atoms with van der Waals surface area (Å²) in [5.74, 6) is 0. The first-order valence-corrected chi connectivity index (χ1v) is 7.67. The van der Waals surface area contributed by atoms with Crippen LogP contribution in [0.4, 0.5) is 0 Å². The molecule has 0 aromatic heterocycles. The number of rotatable bonds is 4. The van der Waals surface area contributed by atoms with Crippen LogP contribution in [0.15, 0.2) is 29.2 Å². The maximum absolute atomic E-state index is 12.3. The molecule has 0 saturated carbocycles. The summed E-state index contributed by atoms with van der Waals surface area (Å²) < 4.78 is 26.2. The van der Waals surface area contributed by atoms with Gasteiger partial charge in [0.25, 0.3) is 0 Å². The first-order chi connectivity index (χ1) is 8.14. The molecule has 0 spiro atoms. The molecule has 1 aliphatic rings. The lowest BCUT2D eigenvalue weighted by molar-refractivity contribution is 0.477. The number of sulfonamides is 1. The van der Waals surface area contributed by atoms with E-state index >= 15 is 0 Å². The van der Waals surface area contributed by atoms with Crippen molar-refractivity contribution >= 4 is 10.0 Å². The Morgan fingerprint density at radius 3 is 2.59 bits per heavy atom. The van der Waals surface area contributed by atoms with Gasteiger partial charge < -0.3 is 0 Å². The third-order valence-corrected chi connectivity index (χ3v) is 5.03. The zero-order chi connectivity index (χ0) is 12.3. The molecule has 1 aromatic rings. The summed E-state index contributed by atoms with van der Waals surface area (Å²) in [6, 6.07) is 7.35. The minimum atomic E-state index is -3.25. The van der Waals surface area contributed by atoms with Crippen LogP contribution in [-0.4, -0.2) is 25.8 Å². The van der Waals surface area contributed by atoms with Crippen LogP contribution in [0.5, 0.6) is 0 Å². The molecule has 94 valence electrons. The molecule has 4 heteroatoms. The van der Waals surface area contributed by atoms with Crippen molar-refractivity contribution in [2.45, 2.75) is 37.5 Å². The van der Waals surface area contributed by atoms with Gasteiger partial charge in [-0.2, -0.15) is 4.31 Å². The summed E-state index contributed by atoms with van der Waals surface area (Å²) in [6.45, 7) is 3.43. The van der Waals surface area contributed by atoms with E-state index in [1.807, 2.05) is 18.2 Å². The fraction of sp³-hybridized carbons (Fsp3) is 0.538. The van der Waals surface area contributed by atoms with Crippen molar-refractivity contribution in [3.63, 3.8) is 0 Å². The molecule has 0 aliphatic carbocycles. The summed E-state index contributed by atoms with van der Waals surface area (Å²) in [5.41, 5.74) is 1.10. The first kappa shape index (κ1) is 12.6. The van der Waals surface area contributed by atoms with Gasteiger partial charge in [0.2, 0.25) is 10.0 Å². The average Bonchev–Trinajstić information content (AvgIpc) is 2.84. The predicted molar refractivity (Wildman–Crippen MR) is 68.4 cm³/mol. The molecular weight excluding hydrogens is 234 g/mol. The van der Waals surface area contributed by atoms with Gasteiger partial charge in [-0.3, -0.25) is 0 Å². The van der Waals surface area contributed by atoms with E-state index in [1.54, 1.807) is 10.4 Å². The Hall–Kier alpha value is -0.870. The molecule has 2 rings (SSSR count). The van der Waals surface area contributed by atoms with Crippen molar-refractivity contribution in [3.8, 4) is 0 Å². The molecule has 1 aliphatic heterocycles. The summed E-state index contributed by atoms with van der Waals surface area (Å²) in [7, 11) is -3.25. The Bertz CT molecular complexity index is 476. The Morgan fingerprint density at radius 2 is 1.94 bits per heavy atom. The molecule has 0 atom stereocenters. The van der Waals surface area contributed by atoms with Crippen LogP contribution in [0.2, 0.25) is 0 Å². The zero-order valence-electron chi connectivity index (χ0n) is 10.2. The Balaban J connectivity index is 2.29. The highest BCUT2D eigenvalue weighted by molar-refractivity contribution is 7.89. The number of aryl methyl sites for hydroxylation is 1. The van der Waals surface area contributed by atoms with Crippen molar-refractivity contribution < 1.29 is 8.42 Å². The standard InChI is InChI=1S/C13H19NO2S/c1-2-6-12-7-5-8-13(11-12)17(15,16)14-9-3-4-10-14/h5,7-8,11H,2-4,6,9-10H2,1H3. The average molecular weight is 253 g/mol. The molecule has 3 nitrogen and oxygen atoms in total. The second-order valence-corrected chi connectivity index (χ2v) is 6.45. The number of benzene rings is 1. The molecule has 0 unspecified atom stereocenters. The fourth-order valence-corrected chi connectivity index (χ4v) is 3.82. The van der Waals surface area contributed by atoms with Crippen molar-refractivity contribution in [3.05, 3.63) is 29.8 Å². The van der Waals surface area contributed by atoms with Crippen LogP contribution in [-0.2, 0) is 16.4 Å². The van der Waals surface area contributed by atoms with E-state index in [2.05, 4.69) is 6.92 Å². The summed E-state index contributed by atoms with van der Waals surface area (Å²) in [6.07, 6.45) is 3.93. The van der Waals surface area contributed by atoms with E-state index in [9.17, 15) is 8.42 Å². The van der Waals surface area contributed by atoms with Gasteiger partial charge in [0.1, 0.15) is 0 Å². The quantitative estimate of drug-likeness (QED) is 0.826. The molecule has 1 fully saturated rings. The van der Waals surface area contributed by atoms with Gasteiger partial charge in [-0.05, 0) is 37.0 Å². The summed E-state index contributed by atoms with van der Waals surface area (Å²) in [5, 5.41) is 0. The molecule has 0 radical (unpaired) electrons. The highest BCUT2D eigenvalue weighted by Gasteiger charge is 2.26. The Labute approximate surface area is 104 Å². The molecule has 17 heavy (non-hydrogen) atoms. The lowest BCUT2D eigenvalue weighted by atomic mass is 10.1. The van der Waals surface area contributed by atoms with Crippen LogP contribution in [0.25, 0.3) is 0 Å². The van der Waals surface area contributed by atoms with Crippen LogP contribution in [0.3, 0.4) is 0 Å². The van der Waals surface area contributed by atoms with Gasteiger partial charge in [0.05, 0.1) is 4.90 Å². The lowest BCUT2D eigenvalue weighted by Gasteiger charge is -2.15. The molecule has 0 amide bonds. The maximum atomic E-state index is 12.3. The summed E-state index contributed by atoms with van der Waals surface area (Å²) >= 11 is 0.